The van der Waals surface area contributed by atoms with Crippen molar-refractivity contribution >= 4 is 29.4 Å². The third kappa shape index (κ3) is 10.6. The third-order valence-electron chi connectivity index (χ3n) is 7.00. The van der Waals surface area contributed by atoms with Gasteiger partial charge in [-0.25, -0.2) is 9.59 Å². The lowest BCUT2D eigenvalue weighted by Gasteiger charge is -2.36. The minimum absolute atomic E-state index is 0.0357. The molecular weight excluding hydrogens is 631 g/mol. The van der Waals surface area contributed by atoms with Gasteiger partial charge in [0.25, 0.3) is 0 Å². The van der Waals surface area contributed by atoms with Gasteiger partial charge in [0.05, 0.1) is 26.4 Å². The van der Waals surface area contributed by atoms with Crippen molar-refractivity contribution in [1.29, 1.82) is 0 Å². The molecule has 2 aromatic rings. The number of alkyl halides is 3. The minimum atomic E-state index is -4.85. The molecule has 0 aliphatic carbocycles. The summed E-state index contributed by atoms with van der Waals surface area (Å²) in [5, 5.41) is 16.1. The molecule has 3 N–H and O–H groups in total. The van der Waals surface area contributed by atoms with Gasteiger partial charge in [0.1, 0.15) is 18.4 Å². The van der Waals surface area contributed by atoms with Crippen LogP contribution in [0.4, 0.5) is 23.7 Å². The molecule has 0 bridgehead atoms. The lowest BCUT2D eigenvalue weighted by Crippen LogP contribution is -2.38. The van der Waals surface area contributed by atoms with E-state index in [1.807, 2.05) is 6.07 Å². The normalized spacial score (nSPS) is 15.6. The SMILES string of the molecule is COC(=O)C1=C(C(F)(F)F)N(c2ccc(Cl)cc2)C(C)=CC1CCCCOC(=O)NCCNCC(O)COc1ccccc1OC. The molecule has 2 atom stereocenters. The highest BCUT2D eigenvalue weighted by molar-refractivity contribution is 6.30. The number of carbonyl (C=O) groups is 2. The Morgan fingerprint density at radius 1 is 1.04 bits per heavy atom. The van der Waals surface area contributed by atoms with Crippen molar-refractivity contribution in [1.82, 2.24) is 10.6 Å². The predicted octanol–water partition coefficient (Wildman–Crippen LogP) is 5.60. The van der Waals surface area contributed by atoms with Gasteiger partial charge in [0.15, 0.2) is 11.5 Å². The molecule has 10 nitrogen and oxygen atoms in total. The summed E-state index contributed by atoms with van der Waals surface area (Å²) in [6.45, 7) is 2.47. The fourth-order valence-electron chi connectivity index (χ4n) is 4.90. The summed E-state index contributed by atoms with van der Waals surface area (Å²) >= 11 is 5.93. The van der Waals surface area contributed by atoms with Crippen LogP contribution >= 0.6 is 11.6 Å². The first kappa shape index (κ1) is 36.5. The van der Waals surface area contributed by atoms with E-state index in [-0.39, 0.29) is 38.4 Å². The van der Waals surface area contributed by atoms with Gasteiger partial charge in [0.2, 0.25) is 0 Å². The second-order valence-electron chi connectivity index (χ2n) is 10.4. The Balaban J connectivity index is 1.42. The number of hydrogen-bond donors (Lipinski definition) is 3. The van der Waals surface area contributed by atoms with E-state index in [1.54, 1.807) is 31.2 Å². The largest absolute Gasteiger partial charge is 0.493 e. The van der Waals surface area contributed by atoms with Crippen LogP contribution in [0.3, 0.4) is 0 Å². The molecule has 0 radical (unpaired) electrons. The van der Waals surface area contributed by atoms with Crippen molar-refractivity contribution < 1.29 is 46.8 Å². The zero-order valence-corrected chi connectivity index (χ0v) is 26.6. The molecule has 1 aliphatic heterocycles. The Labute approximate surface area is 271 Å². The van der Waals surface area contributed by atoms with Crippen molar-refractivity contribution in [3.63, 3.8) is 0 Å². The summed E-state index contributed by atoms with van der Waals surface area (Å²) in [7, 11) is 2.57. The average Bonchev–Trinajstić information content (AvgIpc) is 3.03. The number of hydrogen-bond acceptors (Lipinski definition) is 9. The molecule has 0 saturated carbocycles. The van der Waals surface area contributed by atoms with Crippen LogP contribution in [0.25, 0.3) is 0 Å². The first-order chi connectivity index (χ1) is 22.0. The first-order valence-electron chi connectivity index (χ1n) is 14.6. The number of esters is 1. The van der Waals surface area contributed by atoms with Crippen LogP contribution in [0, 0.1) is 5.92 Å². The average molecular weight is 670 g/mol. The second kappa shape index (κ2) is 17.7. The van der Waals surface area contributed by atoms with Gasteiger partial charge in [-0.3, -0.25) is 0 Å². The van der Waals surface area contributed by atoms with Crippen molar-refractivity contribution in [3.8, 4) is 11.5 Å². The molecular formula is C32H39ClF3N3O7. The Morgan fingerprint density at radius 2 is 1.74 bits per heavy atom. The van der Waals surface area contributed by atoms with E-state index < -0.39 is 41.5 Å². The van der Waals surface area contributed by atoms with E-state index >= 15 is 0 Å². The van der Waals surface area contributed by atoms with Crippen molar-refractivity contribution in [3.05, 3.63) is 76.6 Å². The number of rotatable bonds is 16. The van der Waals surface area contributed by atoms with Gasteiger partial charge in [-0.15, -0.1) is 0 Å². The van der Waals surface area contributed by atoms with Crippen LogP contribution in [0.2, 0.25) is 5.02 Å². The van der Waals surface area contributed by atoms with E-state index in [1.165, 1.54) is 31.4 Å². The number of para-hydroxylation sites is 2. The zero-order valence-electron chi connectivity index (χ0n) is 25.9. The number of benzene rings is 2. The van der Waals surface area contributed by atoms with E-state index in [0.29, 0.717) is 41.6 Å². The first-order valence-corrected chi connectivity index (χ1v) is 15.0. The Morgan fingerprint density at radius 3 is 2.39 bits per heavy atom. The summed E-state index contributed by atoms with van der Waals surface area (Å²) in [5.41, 5.74) is -1.09. The standard InChI is InChI=1S/C32H39ClF3N3O7/c1-21-18-22(28(30(41)44-3)29(32(34,35)36)39(21)24-13-11-23(33)12-14-24)8-6-7-17-45-31(42)38-16-15-37-19-25(40)20-46-27-10-5-4-9-26(27)43-2/h4-5,9-14,18,22,25,37,40H,6-8,15-17,19-20H2,1-3H3,(H,38,42). The predicted molar refractivity (Wildman–Crippen MR) is 167 cm³/mol. The molecule has 252 valence electrons. The number of anilines is 1. The Hall–Kier alpha value is -3.94. The third-order valence-corrected chi connectivity index (χ3v) is 7.25. The molecule has 46 heavy (non-hydrogen) atoms. The van der Waals surface area contributed by atoms with Crippen LogP contribution in [-0.4, -0.2) is 76.5 Å². The van der Waals surface area contributed by atoms with Crippen LogP contribution < -0.4 is 25.0 Å². The lowest BCUT2D eigenvalue weighted by molar-refractivity contribution is -0.138. The highest BCUT2D eigenvalue weighted by atomic mass is 35.5. The Bertz CT molecular complexity index is 1370. The number of aliphatic hydroxyl groups is 1. The number of carbonyl (C=O) groups excluding carboxylic acids is 2. The molecule has 0 fully saturated rings. The number of ether oxygens (including phenoxy) is 4. The molecule has 1 heterocycles. The highest BCUT2D eigenvalue weighted by Crippen LogP contribution is 2.44. The van der Waals surface area contributed by atoms with Crippen LogP contribution in [-0.2, 0) is 14.3 Å². The molecule has 1 aliphatic rings. The molecule has 1 amide bonds. The van der Waals surface area contributed by atoms with Gasteiger partial charge in [-0.05, 0) is 62.6 Å². The molecule has 14 heteroatoms. The van der Waals surface area contributed by atoms with Crippen molar-refractivity contribution in [2.24, 2.45) is 5.92 Å². The van der Waals surface area contributed by atoms with Gasteiger partial charge in [0, 0.05) is 42.0 Å². The van der Waals surface area contributed by atoms with Gasteiger partial charge in [-0.2, -0.15) is 13.2 Å². The minimum Gasteiger partial charge on any atom is -0.493 e. The van der Waals surface area contributed by atoms with Crippen LogP contribution in [0.15, 0.2) is 71.6 Å². The maximum atomic E-state index is 14.4. The maximum absolute atomic E-state index is 14.4. The molecule has 2 aromatic carbocycles. The van der Waals surface area contributed by atoms with Gasteiger partial charge in [-0.1, -0.05) is 29.8 Å². The van der Waals surface area contributed by atoms with Gasteiger partial charge < -0.3 is 39.6 Å². The second-order valence-corrected chi connectivity index (χ2v) is 10.8. The molecule has 0 saturated heterocycles. The maximum Gasteiger partial charge on any atom is 0.432 e. The van der Waals surface area contributed by atoms with Crippen molar-refractivity contribution in [2.75, 3.05) is 52.0 Å². The van der Waals surface area contributed by atoms with Crippen LogP contribution in [0.5, 0.6) is 11.5 Å². The van der Waals surface area contributed by atoms with Gasteiger partial charge >= 0.3 is 18.2 Å². The highest BCUT2D eigenvalue weighted by Gasteiger charge is 2.47. The van der Waals surface area contributed by atoms with Crippen LogP contribution in [0.1, 0.15) is 26.2 Å². The number of aliphatic hydroxyl groups excluding tert-OH is 1. The number of unbranched alkanes of at least 4 members (excludes halogenated alkanes) is 1. The fraction of sp³-hybridized carbons (Fsp3) is 0.438. The van der Waals surface area contributed by atoms with E-state index in [0.717, 1.165) is 12.0 Å². The topological polar surface area (TPSA) is 119 Å². The number of methoxy groups -OCH3 is 2. The number of nitrogens with zero attached hydrogens (tertiary/aromatic N) is 1. The monoisotopic (exact) mass is 669 g/mol. The van der Waals surface area contributed by atoms with E-state index in [4.69, 9.17) is 30.5 Å². The molecule has 0 spiro atoms. The summed E-state index contributed by atoms with van der Waals surface area (Å²) < 4.78 is 64.0. The molecule has 3 rings (SSSR count). The summed E-state index contributed by atoms with van der Waals surface area (Å²) in [4.78, 5) is 25.7. The summed E-state index contributed by atoms with van der Waals surface area (Å²) in [6, 6.07) is 12.9. The summed E-state index contributed by atoms with van der Waals surface area (Å²) in [6.07, 6.45) is -3.74. The quantitative estimate of drug-likeness (QED) is 0.155. The number of allylic oxidation sites excluding steroid dienone is 3. The lowest BCUT2D eigenvalue weighted by atomic mass is 9.87. The summed E-state index contributed by atoms with van der Waals surface area (Å²) in [5.74, 6) is -0.846. The van der Waals surface area contributed by atoms with Crippen molar-refractivity contribution in [2.45, 2.75) is 38.5 Å². The zero-order chi connectivity index (χ0) is 33.7. The van der Waals surface area contributed by atoms with E-state index in [2.05, 4.69) is 10.6 Å². The number of alkyl carbamates (subject to hydrolysis) is 1. The number of amides is 1. The molecule has 2 unspecified atom stereocenters. The Kier molecular flexibility index (Phi) is 14.0. The smallest absolute Gasteiger partial charge is 0.432 e. The number of halogens is 4. The fourth-order valence-corrected chi connectivity index (χ4v) is 5.02. The van der Waals surface area contributed by atoms with E-state index in [9.17, 15) is 27.9 Å². The molecule has 0 aromatic heterocycles. The number of nitrogens with one attached hydrogen (secondary N) is 2.